The Kier molecular flexibility index (Phi) is 5.29. The van der Waals surface area contributed by atoms with Gasteiger partial charge >= 0.3 is 0 Å². The lowest BCUT2D eigenvalue weighted by Gasteiger charge is -2.36. The molecule has 3 heterocycles. The van der Waals surface area contributed by atoms with Gasteiger partial charge in [-0.1, -0.05) is 6.07 Å². The molecule has 7 heteroatoms. The molecule has 2 saturated heterocycles. The van der Waals surface area contributed by atoms with Crippen molar-refractivity contribution >= 4 is 11.6 Å². The molecule has 1 aromatic carbocycles. The van der Waals surface area contributed by atoms with Crippen LogP contribution in [-0.2, 0) is 0 Å². The third-order valence-corrected chi connectivity index (χ3v) is 5.63. The van der Waals surface area contributed by atoms with E-state index in [9.17, 15) is 4.79 Å². The van der Waals surface area contributed by atoms with Gasteiger partial charge in [0.2, 0.25) is 0 Å². The summed E-state index contributed by atoms with van der Waals surface area (Å²) in [6.07, 6.45) is 3.80. The zero-order chi connectivity index (χ0) is 18.6. The van der Waals surface area contributed by atoms with Crippen molar-refractivity contribution in [2.75, 3.05) is 51.3 Å². The van der Waals surface area contributed by atoms with Gasteiger partial charge in [0, 0.05) is 43.9 Å². The Balaban J connectivity index is 1.41. The molecule has 0 radical (unpaired) electrons. The van der Waals surface area contributed by atoms with Crippen molar-refractivity contribution in [2.24, 2.45) is 0 Å². The van der Waals surface area contributed by atoms with Crippen LogP contribution in [0.5, 0.6) is 5.75 Å². The van der Waals surface area contributed by atoms with Crippen LogP contribution in [0.2, 0.25) is 0 Å². The Morgan fingerprint density at radius 3 is 2.70 bits per heavy atom. The third kappa shape index (κ3) is 3.78. The minimum Gasteiger partial charge on any atom is -0.497 e. The fraction of sp³-hybridized carbons (Fsp3) is 0.500. The highest BCUT2D eigenvalue weighted by Crippen LogP contribution is 2.28. The molecule has 1 amide bonds. The van der Waals surface area contributed by atoms with E-state index in [2.05, 4.69) is 26.5 Å². The summed E-state index contributed by atoms with van der Waals surface area (Å²) >= 11 is 0. The molecule has 2 fully saturated rings. The maximum atomic E-state index is 13.1. The van der Waals surface area contributed by atoms with E-state index in [4.69, 9.17) is 4.74 Å². The van der Waals surface area contributed by atoms with Gasteiger partial charge in [0.25, 0.3) is 5.91 Å². The number of rotatable bonds is 4. The molecule has 0 unspecified atom stereocenters. The molecule has 0 bridgehead atoms. The number of anilines is 1. The average Bonchev–Trinajstić information content (AvgIpc) is 3.24. The highest BCUT2D eigenvalue weighted by atomic mass is 16.5. The van der Waals surface area contributed by atoms with Crippen molar-refractivity contribution in [3.05, 3.63) is 41.7 Å². The maximum absolute atomic E-state index is 13.1. The van der Waals surface area contributed by atoms with Gasteiger partial charge in [0.05, 0.1) is 24.6 Å². The second-order valence-corrected chi connectivity index (χ2v) is 7.20. The van der Waals surface area contributed by atoms with Crippen molar-refractivity contribution in [3.8, 4) is 5.75 Å². The molecule has 144 valence electrons. The van der Waals surface area contributed by atoms with Crippen molar-refractivity contribution in [3.63, 3.8) is 0 Å². The van der Waals surface area contributed by atoms with Gasteiger partial charge in [-0.2, -0.15) is 5.10 Å². The minimum absolute atomic E-state index is 0.0996. The van der Waals surface area contributed by atoms with Crippen LogP contribution in [0.1, 0.15) is 34.8 Å². The Bertz CT molecular complexity index is 776. The van der Waals surface area contributed by atoms with Crippen LogP contribution in [0.3, 0.4) is 0 Å². The van der Waals surface area contributed by atoms with Crippen LogP contribution in [0.4, 0.5) is 5.69 Å². The van der Waals surface area contributed by atoms with E-state index >= 15 is 0 Å². The zero-order valence-electron chi connectivity index (χ0n) is 15.8. The number of ether oxygens (including phenoxy) is 1. The monoisotopic (exact) mass is 369 g/mol. The minimum atomic E-state index is 0.0996. The first kappa shape index (κ1) is 17.9. The summed E-state index contributed by atoms with van der Waals surface area (Å²) in [5, 5.41) is 10.6. The third-order valence-electron chi connectivity index (χ3n) is 5.63. The van der Waals surface area contributed by atoms with Gasteiger partial charge in [0.1, 0.15) is 5.75 Å². The van der Waals surface area contributed by atoms with Crippen LogP contribution in [0.25, 0.3) is 0 Å². The number of carbonyl (C=O) groups excluding carboxylic acids is 1. The van der Waals surface area contributed by atoms with E-state index in [0.29, 0.717) is 19.0 Å². The smallest absolute Gasteiger partial charge is 0.257 e. The topological polar surface area (TPSA) is 73.5 Å². The molecule has 0 saturated carbocycles. The molecule has 7 nitrogen and oxygen atoms in total. The predicted molar refractivity (Wildman–Crippen MR) is 105 cm³/mol. The summed E-state index contributed by atoms with van der Waals surface area (Å²) in [4.78, 5) is 17.3. The zero-order valence-corrected chi connectivity index (χ0v) is 15.8. The van der Waals surface area contributed by atoms with Crippen molar-refractivity contribution in [1.82, 2.24) is 20.4 Å². The molecule has 2 aliphatic heterocycles. The fourth-order valence-corrected chi connectivity index (χ4v) is 4.03. The molecule has 27 heavy (non-hydrogen) atoms. The summed E-state index contributed by atoms with van der Waals surface area (Å²) in [6, 6.07) is 8.08. The van der Waals surface area contributed by atoms with Crippen LogP contribution < -0.4 is 15.0 Å². The van der Waals surface area contributed by atoms with E-state index in [1.165, 1.54) is 0 Å². The van der Waals surface area contributed by atoms with Gasteiger partial charge in [0.15, 0.2) is 0 Å². The molecule has 2 aliphatic rings. The number of hydrogen-bond donors (Lipinski definition) is 2. The van der Waals surface area contributed by atoms with Crippen molar-refractivity contribution in [2.45, 2.75) is 18.8 Å². The van der Waals surface area contributed by atoms with Crippen molar-refractivity contribution in [1.29, 1.82) is 0 Å². The lowest BCUT2D eigenvalue weighted by molar-refractivity contribution is 0.0745. The molecule has 2 N–H and O–H groups in total. The number of aromatic nitrogens is 2. The van der Waals surface area contributed by atoms with Gasteiger partial charge in [-0.25, -0.2) is 0 Å². The molecule has 4 rings (SSSR count). The first-order chi connectivity index (χ1) is 13.3. The molecular formula is C20H27N5O2. The first-order valence-electron chi connectivity index (χ1n) is 9.68. The molecule has 0 aliphatic carbocycles. The Labute approximate surface area is 159 Å². The number of methoxy groups -OCH3 is 1. The highest BCUT2D eigenvalue weighted by molar-refractivity contribution is 5.95. The highest BCUT2D eigenvalue weighted by Gasteiger charge is 2.28. The van der Waals surface area contributed by atoms with Crippen LogP contribution >= 0.6 is 0 Å². The fourth-order valence-electron chi connectivity index (χ4n) is 4.03. The summed E-state index contributed by atoms with van der Waals surface area (Å²) in [5.41, 5.74) is 2.90. The lowest BCUT2D eigenvalue weighted by Crippen LogP contribution is -2.49. The second-order valence-electron chi connectivity index (χ2n) is 7.20. The summed E-state index contributed by atoms with van der Waals surface area (Å²) < 4.78 is 5.32. The quantitative estimate of drug-likeness (QED) is 0.860. The number of nitrogens with one attached hydrogen (secondary N) is 2. The Morgan fingerprint density at radius 1 is 1.19 bits per heavy atom. The number of piperidine rings is 1. The largest absolute Gasteiger partial charge is 0.497 e. The summed E-state index contributed by atoms with van der Waals surface area (Å²) in [5.74, 6) is 1.35. The van der Waals surface area contributed by atoms with Crippen LogP contribution in [0.15, 0.2) is 30.5 Å². The Hall–Kier alpha value is -2.54. The number of carbonyl (C=O) groups is 1. The second kappa shape index (κ2) is 8.00. The maximum Gasteiger partial charge on any atom is 0.257 e. The SMILES string of the molecule is COc1cccc(N2CCN(C(=O)c3cn[nH]c3C3CCNCC3)CC2)c1. The molecule has 0 atom stereocenters. The summed E-state index contributed by atoms with van der Waals surface area (Å²) in [7, 11) is 1.68. The predicted octanol–water partition coefficient (Wildman–Crippen LogP) is 1.85. The van der Waals surface area contributed by atoms with Gasteiger partial charge in [-0.05, 0) is 38.1 Å². The first-order valence-corrected chi connectivity index (χ1v) is 9.68. The van der Waals surface area contributed by atoms with E-state index in [1.807, 2.05) is 23.1 Å². The number of aromatic amines is 1. The van der Waals surface area contributed by atoms with E-state index < -0.39 is 0 Å². The lowest BCUT2D eigenvalue weighted by atomic mass is 9.92. The number of hydrogen-bond acceptors (Lipinski definition) is 5. The van der Waals surface area contributed by atoms with E-state index in [-0.39, 0.29) is 5.91 Å². The van der Waals surface area contributed by atoms with E-state index in [1.54, 1.807) is 13.3 Å². The number of nitrogens with zero attached hydrogens (tertiary/aromatic N) is 3. The number of H-pyrrole nitrogens is 1. The standard InChI is InChI=1S/C20H27N5O2/c1-27-17-4-2-3-16(13-17)24-9-11-25(12-10-24)20(26)18-14-22-23-19(18)15-5-7-21-8-6-15/h2-4,13-15,21H,5-12H2,1H3,(H,22,23). The normalized spacial score (nSPS) is 18.6. The van der Waals surface area contributed by atoms with Gasteiger partial charge in [-0.3, -0.25) is 9.89 Å². The Morgan fingerprint density at radius 2 is 1.96 bits per heavy atom. The molecular weight excluding hydrogens is 342 g/mol. The molecule has 1 aromatic heterocycles. The van der Waals surface area contributed by atoms with Crippen LogP contribution in [0, 0.1) is 0 Å². The number of amides is 1. The summed E-state index contributed by atoms with van der Waals surface area (Å²) in [6.45, 7) is 5.06. The molecule has 0 spiro atoms. The molecule has 2 aromatic rings. The van der Waals surface area contributed by atoms with E-state index in [0.717, 1.165) is 61.7 Å². The van der Waals surface area contributed by atoms with Gasteiger partial charge in [-0.15, -0.1) is 0 Å². The number of piperazine rings is 1. The van der Waals surface area contributed by atoms with Crippen LogP contribution in [-0.4, -0.2) is 67.4 Å². The average molecular weight is 369 g/mol. The van der Waals surface area contributed by atoms with Crippen molar-refractivity contribution < 1.29 is 9.53 Å². The number of benzene rings is 1. The van der Waals surface area contributed by atoms with Gasteiger partial charge < -0.3 is 19.9 Å².